The van der Waals surface area contributed by atoms with Crippen LogP contribution in [0.5, 0.6) is 5.75 Å². The molecule has 5 nitrogen and oxygen atoms in total. The Balaban J connectivity index is 2.25. The van der Waals surface area contributed by atoms with Crippen LogP contribution in [0.2, 0.25) is 0 Å². The van der Waals surface area contributed by atoms with Crippen LogP contribution in [0.1, 0.15) is 13.8 Å². The van der Waals surface area contributed by atoms with Crippen molar-refractivity contribution in [3.8, 4) is 5.75 Å². The number of aromatic nitrogens is 2. The predicted octanol–water partition coefficient (Wildman–Crippen LogP) is 2.73. The summed E-state index contributed by atoms with van der Waals surface area (Å²) in [6.07, 6.45) is 1.07. The van der Waals surface area contributed by atoms with Crippen molar-refractivity contribution in [2.24, 2.45) is 0 Å². The van der Waals surface area contributed by atoms with Gasteiger partial charge in [-0.3, -0.25) is 0 Å². The first-order valence-electron chi connectivity index (χ1n) is 5.87. The lowest BCUT2D eigenvalue weighted by molar-refractivity contribution is 0.244. The summed E-state index contributed by atoms with van der Waals surface area (Å²) in [5, 5.41) is 2.95. The van der Waals surface area contributed by atoms with Gasteiger partial charge in [-0.25, -0.2) is 9.37 Å². The molecule has 0 spiro atoms. The van der Waals surface area contributed by atoms with E-state index in [-0.39, 0.29) is 17.9 Å². The predicted molar refractivity (Wildman–Crippen MR) is 71.9 cm³/mol. The van der Waals surface area contributed by atoms with Crippen LogP contribution in [0.25, 0.3) is 0 Å². The zero-order valence-corrected chi connectivity index (χ0v) is 10.7. The molecular weight excluding hydrogens is 247 g/mol. The molecule has 2 aromatic rings. The van der Waals surface area contributed by atoms with Gasteiger partial charge >= 0.3 is 0 Å². The summed E-state index contributed by atoms with van der Waals surface area (Å²) in [4.78, 5) is 7.64. The molecule has 100 valence electrons. The van der Waals surface area contributed by atoms with Gasteiger partial charge in [0.25, 0.3) is 0 Å². The second-order valence-corrected chi connectivity index (χ2v) is 4.21. The first-order valence-corrected chi connectivity index (χ1v) is 5.87. The van der Waals surface area contributed by atoms with Crippen LogP contribution in [0.4, 0.5) is 21.8 Å². The van der Waals surface area contributed by atoms with Crippen LogP contribution >= 0.6 is 0 Å². The summed E-state index contributed by atoms with van der Waals surface area (Å²) in [5.41, 5.74) is 6.09. The van der Waals surface area contributed by atoms with Gasteiger partial charge in [-0.1, -0.05) is 12.1 Å². The summed E-state index contributed by atoms with van der Waals surface area (Å²) in [6.45, 7) is 3.87. The number of para-hydroxylation sites is 2. The maximum atomic E-state index is 13.0. The van der Waals surface area contributed by atoms with Gasteiger partial charge in [0, 0.05) is 0 Å². The number of nitrogens with one attached hydrogen (secondary N) is 1. The number of nitrogen functional groups attached to an aromatic ring is 1. The molecule has 1 heterocycles. The van der Waals surface area contributed by atoms with Gasteiger partial charge in [-0.15, -0.1) is 0 Å². The lowest BCUT2D eigenvalue weighted by Crippen LogP contribution is -2.08. The molecule has 19 heavy (non-hydrogen) atoms. The van der Waals surface area contributed by atoms with E-state index in [1.165, 1.54) is 0 Å². The number of nitrogens with two attached hydrogens (primary N) is 1. The van der Waals surface area contributed by atoms with Crippen LogP contribution in [0.3, 0.4) is 0 Å². The fourth-order valence-corrected chi connectivity index (χ4v) is 1.49. The van der Waals surface area contributed by atoms with Crippen LogP contribution in [0.15, 0.2) is 30.5 Å². The molecule has 2 rings (SSSR count). The maximum absolute atomic E-state index is 13.0. The van der Waals surface area contributed by atoms with Crippen molar-refractivity contribution in [1.82, 2.24) is 9.97 Å². The van der Waals surface area contributed by atoms with E-state index in [4.69, 9.17) is 10.5 Å². The van der Waals surface area contributed by atoms with Gasteiger partial charge in [0.1, 0.15) is 5.75 Å². The zero-order chi connectivity index (χ0) is 13.8. The number of hydrogen-bond donors (Lipinski definition) is 2. The highest BCUT2D eigenvalue weighted by Gasteiger charge is 2.08. The van der Waals surface area contributed by atoms with Crippen LogP contribution in [-0.2, 0) is 0 Å². The molecule has 0 fully saturated rings. The highest BCUT2D eigenvalue weighted by Crippen LogP contribution is 2.27. The van der Waals surface area contributed by atoms with Gasteiger partial charge < -0.3 is 15.8 Å². The van der Waals surface area contributed by atoms with Gasteiger partial charge in [-0.05, 0) is 26.0 Å². The summed E-state index contributed by atoms with van der Waals surface area (Å²) in [6, 6.07) is 7.36. The Morgan fingerprint density at radius 2 is 2.05 bits per heavy atom. The molecule has 0 atom stereocenters. The van der Waals surface area contributed by atoms with Crippen LogP contribution in [0, 0.1) is 5.82 Å². The average molecular weight is 262 g/mol. The maximum Gasteiger partial charge on any atom is 0.229 e. The summed E-state index contributed by atoms with van der Waals surface area (Å²) < 4.78 is 18.6. The number of benzene rings is 1. The van der Waals surface area contributed by atoms with Crippen molar-refractivity contribution in [3.05, 3.63) is 36.3 Å². The van der Waals surface area contributed by atoms with Gasteiger partial charge in [0.15, 0.2) is 11.6 Å². The Kier molecular flexibility index (Phi) is 3.79. The van der Waals surface area contributed by atoms with E-state index in [2.05, 4.69) is 15.3 Å². The summed E-state index contributed by atoms with van der Waals surface area (Å²) >= 11 is 0. The van der Waals surface area contributed by atoms with Crippen molar-refractivity contribution in [2.75, 3.05) is 11.1 Å². The standard InChI is InChI=1S/C13H15FN4O/c1-8(2)19-11-6-4-3-5-10(11)17-13-16-7-9(14)12(15)18-13/h3-8H,1-2H3,(H3,15,16,17,18). The molecule has 0 radical (unpaired) electrons. The van der Waals surface area contributed by atoms with Gasteiger partial charge in [-0.2, -0.15) is 4.98 Å². The number of anilines is 3. The molecule has 0 aliphatic heterocycles. The highest BCUT2D eigenvalue weighted by atomic mass is 19.1. The summed E-state index contributed by atoms with van der Waals surface area (Å²) in [7, 11) is 0. The van der Waals surface area contributed by atoms with E-state index in [1.54, 1.807) is 0 Å². The minimum absolute atomic E-state index is 0.0437. The lowest BCUT2D eigenvalue weighted by Gasteiger charge is -2.14. The Morgan fingerprint density at radius 1 is 1.32 bits per heavy atom. The zero-order valence-electron chi connectivity index (χ0n) is 10.7. The number of ether oxygens (including phenoxy) is 1. The Hall–Kier alpha value is -2.37. The molecule has 1 aromatic carbocycles. The Bertz CT molecular complexity index is 574. The fourth-order valence-electron chi connectivity index (χ4n) is 1.49. The van der Waals surface area contributed by atoms with E-state index in [9.17, 15) is 4.39 Å². The van der Waals surface area contributed by atoms with E-state index in [1.807, 2.05) is 38.1 Å². The highest BCUT2D eigenvalue weighted by molar-refractivity contribution is 5.62. The van der Waals surface area contributed by atoms with E-state index < -0.39 is 5.82 Å². The molecule has 0 aliphatic carbocycles. The minimum atomic E-state index is -0.641. The first-order chi connectivity index (χ1) is 9.06. The molecule has 0 amide bonds. The SMILES string of the molecule is CC(C)Oc1ccccc1Nc1ncc(F)c(N)n1. The molecule has 0 bridgehead atoms. The van der Waals surface area contributed by atoms with Gasteiger partial charge in [0.2, 0.25) is 5.95 Å². The van der Waals surface area contributed by atoms with Crippen molar-refractivity contribution in [2.45, 2.75) is 20.0 Å². The average Bonchev–Trinajstić information content (AvgIpc) is 2.36. The van der Waals surface area contributed by atoms with Crippen molar-refractivity contribution >= 4 is 17.5 Å². The Labute approximate surface area is 110 Å². The van der Waals surface area contributed by atoms with Crippen molar-refractivity contribution < 1.29 is 9.13 Å². The topological polar surface area (TPSA) is 73.1 Å². The van der Waals surface area contributed by atoms with Gasteiger partial charge in [0.05, 0.1) is 18.0 Å². The van der Waals surface area contributed by atoms with Crippen LogP contribution in [-0.4, -0.2) is 16.1 Å². The first kappa shape index (κ1) is 13.1. The van der Waals surface area contributed by atoms with E-state index in [0.717, 1.165) is 6.20 Å². The fraction of sp³-hybridized carbons (Fsp3) is 0.231. The van der Waals surface area contributed by atoms with E-state index in [0.29, 0.717) is 11.4 Å². The molecule has 0 unspecified atom stereocenters. The number of halogens is 1. The number of hydrogen-bond acceptors (Lipinski definition) is 5. The minimum Gasteiger partial charge on any atom is -0.489 e. The third-order valence-corrected chi connectivity index (χ3v) is 2.27. The molecule has 6 heteroatoms. The number of rotatable bonds is 4. The second-order valence-electron chi connectivity index (χ2n) is 4.21. The van der Waals surface area contributed by atoms with Crippen molar-refractivity contribution in [1.29, 1.82) is 0 Å². The quantitative estimate of drug-likeness (QED) is 0.886. The third kappa shape index (κ3) is 3.31. The third-order valence-electron chi connectivity index (χ3n) is 2.27. The van der Waals surface area contributed by atoms with Crippen LogP contribution < -0.4 is 15.8 Å². The normalized spacial score (nSPS) is 10.5. The second kappa shape index (κ2) is 5.51. The lowest BCUT2D eigenvalue weighted by atomic mass is 10.3. The molecule has 0 saturated carbocycles. The van der Waals surface area contributed by atoms with Crippen molar-refractivity contribution in [3.63, 3.8) is 0 Å². The molecule has 3 N–H and O–H groups in total. The smallest absolute Gasteiger partial charge is 0.229 e. The number of nitrogens with zero attached hydrogens (tertiary/aromatic N) is 2. The molecular formula is C13H15FN4O. The molecule has 1 aromatic heterocycles. The Morgan fingerprint density at radius 3 is 2.74 bits per heavy atom. The molecule has 0 saturated heterocycles. The largest absolute Gasteiger partial charge is 0.489 e. The monoisotopic (exact) mass is 262 g/mol. The molecule has 0 aliphatic rings. The van der Waals surface area contributed by atoms with E-state index >= 15 is 0 Å². The summed E-state index contributed by atoms with van der Waals surface area (Å²) in [5.74, 6) is 0.0553.